The van der Waals surface area contributed by atoms with Crippen molar-refractivity contribution >= 4 is 0 Å². The van der Waals surface area contributed by atoms with Gasteiger partial charge in [-0.25, -0.2) is 0 Å². The van der Waals surface area contributed by atoms with Crippen LogP contribution in [0.25, 0.3) is 0 Å². The fourth-order valence-corrected chi connectivity index (χ4v) is 0.902. The van der Waals surface area contributed by atoms with Crippen LogP contribution in [0.15, 0.2) is 24.3 Å². The van der Waals surface area contributed by atoms with E-state index in [1.165, 1.54) is 0 Å². The normalized spacial score (nSPS) is 10.4. The zero-order valence-electron chi connectivity index (χ0n) is 8.12. The Kier molecular flexibility index (Phi) is 4.33. The Morgan fingerprint density at radius 2 is 2.15 bits per heavy atom. The summed E-state index contributed by atoms with van der Waals surface area (Å²) < 4.78 is 10.7. The number of ether oxygens (including phenoxy) is 2. The maximum absolute atomic E-state index is 5.38. The van der Waals surface area contributed by atoms with Gasteiger partial charge in [0, 0.05) is 6.07 Å². The molecule has 1 aromatic rings. The van der Waals surface area contributed by atoms with Crippen LogP contribution < -0.4 is 4.74 Å². The highest BCUT2D eigenvalue weighted by atomic mass is 16.5. The molecule has 0 amide bonds. The van der Waals surface area contributed by atoms with Gasteiger partial charge in [-0.2, -0.15) is 0 Å². The molecule has 0 bridgehead atoms. The van der Waals surface area contributed by atoms with Gasteiger partial charge in [0.1, 0.15) is 12.4 Å². The van der Waals surface area contributed by atoms with Crippen molar-refractivity contribution in [1.82, 2.24) is 0 Å². The maximum atomic E-state index is 5.38. The van der Waals surface area contributed by atoms with Crippen LogP contribution in [-0.2, 0) is 4.74 Å². The molecular weight excluding hydrogens is 164 g/mol. The second-order valence-electron chi connectivity index (χ2n) is 2.99. The third-order valence-electron chi connectivity index (χ3n) is 1.47. The molecule has 2 heteroatoms. The van der Waals surface area contributed by atoms with E-state index >= 15 is 0 Å². The summed E-state index contributed by atoms with van der Waals surface area (Å²) in [7, 11) is 0. The van der Waals surface area contributed by atoms with Crippen LogP contribution in [-0.4, -0.2) is 19.3 Å². The van der Waals surface area contributed by atoms with E-state index < -0.39 is 0 Å². The van der Waals surface area contributed by atoms with Gasteiger partial charge in [0.15, 0.2) is 0 Å². The first kappa shape index (κ1) is 10.1. The van der Waals surface area contributed by atoms with Crippen LogP contribution in [0.4, 0.5) is 0 Å². The molecule has 0 heterocycles. The van der Waals surface area contributed by atoms with E-state index in [1.54, 1.807) is 0 Å². The van der Waals surface area contributed by atoms with Gasteiger partial charge in [0.25, 0.3) is 0 Å². The maximum Gasteiger partial charge on any atom is 0.127 e. The lowest BCUT2D eigenvalue weighted by molar-refractivity contribution is 0.0552. The second kappa shape index (κ2) is 5.60. The summed E-state index contributed by atoms with van der Waals surface area (Å²) in [5, 5.41) is 0. The quantitative estimate of drug-likeness (QED) is 0.646. The van der Waals surface area contributed by atoms with E-state index in [0.717, 1.165) is 5.75 Å². The van der Waals surface area contributed by atoms with Gasteiger partial charge in [-0.15, -0.1) is 0 Å². The van der Waals surface area contributed by atoms with Gasteiger partial charge in [-0.3, -0.25) is 0 Å². The summed E-state index contributed by atoms with van der Waals surface area (Å²) >= 11 is 0. The fourth-order valence-electron chi connectivity index (χ4n) is 0.902. The zero-order chi connectivity index (χ0) is 9.52. The van der Waals surface area contributed by atoms with E-state index in [9.17, 15) is 0 Å². The van der Waals surface area contributed by atoms with E-state index in [1.807, 2.05) is 38.1 Å². The lowest BCUT2D eigenvalue weighted by atomic mass is 10.3. The molecule has 0 saturated carbocycles. The third-order valence-corrected chi connectivity index (χ3v) is 1.47. The average Bonchev–Trinajstić information content (AvgIpc) is 2.14. The van der Waals surface area contributed by atoms with E-state index in [2.05, 4.69) is 6.07 Å². The number of benzene rings is 1. The van der Waals surface area contributed by atoms with Crippen molar-refractivity contribution in [3.05, 3.63) is 30.3 Å². The number of hydrogen-bond acceptors (Lipinski definition) is 2. The predicted octanol–water partition coefficient (Wildman–Crippen LogP) is 2.29. The Morgan fingerprint density at radius 3 is 2.77 bits per heavy atom. The SMILES string of the molecule is CC(C)OCCOc1[c]cccc1. The third kappa shape index (κ3) is 4.53. The van der Waals surface area contributed by atoms with Crippen LogP contribution in [0.5, 0.6) is 5.75 Å². The first-order valence-corrected chi connectivity index (χ1v) is 4.50. The monoisotopic (exact) mass is 179 g/mol. The van der Waals surface area contributed by atoms with Gasteiger partial charge >= 0.3 is 0 Å². The molecule has 1 radical (unpaired) electrons. The van der Waals surface area contributed by atoms with Crippen molar-refractivity contribution in [2.45, 2.75) is 20.0 Å². The highest BCUT2D eigenvalue weighted by molar-refractivity contribution is 5.19. The molecule has 0 aliphatic rings. The molecule has 2 nitrogen and oxygen atoms in total. The minimum atomic E-state index is 0.267. The molecule has 1 rings (SSSR count). The molecule has 0 unspecified atom stereocenters. The minimum absolute atomic E-state index is 0.267. The van der Waals surface area contributed by atoms with Gasteiger partial charge in [0.2, 0.25) is 0 Å². The lowest BCUT2D eigenvalue weighted by Gasteiger charge is -2.08. The summed E-state index contributed by atoms with van der Waals surface area (Å²) in [4.78, 5) is 0. The first-order valence-electron chi connectivity index (χ1n) is 4.50. The molecule has 71 valence electrons. The van der Waals surface area contributed by atoms with Gasteiger partial charge < -0.3 is 9.47 Å². The van der Waals surface area contributed by atoms with Crippen LogP contribution in [0.2, 0.25) is 0 Å². The Balaban J connectivity index is 2.13. The van der Waals surface area contributed by atoms with Crippen molar-refractivity contribution < 1.29 is 9.47 Å². The second-order valence-corrected chi connectivity index (χ2v) is 2.99. The molecule has 0 spiro atoms. The Hall–Kier alpha value is -1.02. The largest absolute Gasteiger partial charge is 0.491 e. The summed E-state index contributed by atoms with van der Waals surface area (Å²) in [5.41, 5.74) is 0. The summed E-state index contributed by atoms with van der Waals surface area (Å²) in [5.74, 6) is 0.773. The highest BCUT2D eigenvalue weighted by Crippen LogP contribution is 2.06. The van der Waals surface area contributed by atoms with E-state index in [4.69, 9.17) is 9.47 Å². The van der Waals surface area contributed by atoms with E-state index in [-0.39, 0.29) is 6.10 Å². The van der Waals surface area contributed by atoms with Crippen molar-refractivity contribution in [2.24, 2.45) is 0 Å². The molecule has 0 saturated heterocycles. The van der Waals surface area contributed by atoms with Crippen LogP contribution in [0, 0.1) is 6.07 Å². The van der Waals surface area contributed by atoms with Gasteiger partial charge in [-0.05, 0) is 19.9 Å². The topological polar surface area (TPSA) is 18.5 Å². The minimum Gasteiger partial charge on any atom is -0.491 e. The molecular formula is C11H15O2. The predicted molar refractivity (Wildman–Crippen MR) is 51.9 cm³/mol. The van der Waals surface area contributed by atoms with E-state index in [0.29, 0.717) is 13.2 Å². The van der Waals surface area contributed by atoms with Crippen LogP contribution >= 0.6 is 0 Å². The number of rotatable bonds is 5. The summed E-state index contributed by atoms with van der Waals surface area (Å²) in [6.07, 6.45) is 0.267. The highest BCUT2D eigenvalue weighted by Gasteiger charge is 1.94. The van der Waals surface area contributed by atoms with Crippen LogP contribution in [0.3, 0.4) is 0 Å². The number of hydrogen-bond donors (Lipinski definition) is 0. The smallest absolute Gasteiger partial charge is 0.127 e. The fraction of sp³-hybridized carbons (Fsp3) is 0.455. The summed E-state index contributed by atoms with van der Waals surface area (Å²) in [6.45, 7) is 5.22. The summed E-state index contributed by atoms with van der Waals surface area (Å²) in [6, 6.07) is 10.5. The molecule has 0 N–H and O–H groups in total. The number of para-hydroxylation sites is 1. The molecule has 0 fully saturated rings. The lowest BCUT2D eigenvalue weighted by Crippen LogP contribution is -2.11. The molecule has 1 aromatic carbocycles. The molecule has 0 aromatic heterocycles. The van der Waals surface area contributed by atoms with Crippen molar-refractivity contribution in [2.75, 3.05) is 13.2 Å². The molecule has 0 atom stereocenters. The standard InChI is InChI=1S/C11H15O2/c1-10(2)12-8-9-13-11-6-4-3-5-7-11/h3-6,10H,8-9H2,1-2H3. The average molecular weight is 179 g/mol. The zero-order valence-corrected chi connectivity index (χ0v) is 8.12. The first-order chi connectivity index (χ1) is 6.29. The van der Waals surface area contributed by atoms with Gasteiger partial charge in [0.05, 0.1) is 12.7 Å². The Bertz CT molecular complexity index is 219. The van der Waals surface area contributed by atoms with Crippen molar-refractivity contribution in [1.29, 1.82) is 0 Å². The Morgan fingerprint density at radius 1 is 1.31 bits per heavy atom. The van der Waals surface area contributed by atoms with Crippen LogP contribution in [0.1, 0.15) is 13.8 Å². The molecule has 0 aliphatic heterocycles. The van der Waals surface area contributed by atoms with Crippen molar-refractivity contribution in [3.63, 3.8) is 0 Å². The van der Waals surface area contributed by atoms with Crippen molar-refractivity contribution in [3.8, 4) is 5.75 Å². The van der Waals surface area contributed by atoms with Gasteiger partial charge in [-0.1, -0.05) is 18.2 Å². The Labute approximate surface area is 79.5 Å². The molecule has 0 aliphatic carbocycles. The molecule has 13 heavy (non-hydrogen) atoms.